The first-order valence-corrected chi connectivity index (χ1v) is 13.3. The van der Waals surface area contributed by atoms with Crippen molar-refractivity contribution in [2.45, 2.75) is 155 Å². The number of piperidine rings is 1. The van der Waals surface area contributed by atoms with Gasteiger partial charge in [-0.05, 0) is 53.5 Å². The summed E-state index contributed by atoms with van der Waals surface area (Å²) in [6.45, 7) is 12.6. The van der Waals surface area contributed by atoms with Crippen molar-refractivity contribution < 1.29 is 19.4 Å². The number of esters is 1. The maximum Gasteiger partial charge on any atom is 0.306 e. The van der Waals surface area contributed by atoms with E-state index in [2.05, 4.69) is 39.5 Å². The van der Waals surface area contributed by atoms with Crippen molar-refractivity contribution in [2.24, 2.45) is 0 Å². The minimum atomic E-state index is -0.715. The highest BCUT2D eigenvalue weighted by atomic mass is 16.5. The lowest BCUT2D eigenvalue weighted by atomic mass is 9.78. The third-order valence-electron chi connectivity index (χ3n) is 6.97. The molecule has 5 nitrogen and oxygen atoms in total. The van der Waals surface area contributed by atoms with Crippen LogP contribution in [0.15, 0.2) is 0 Å². The maximum atomic E-state index is 12.4. The third-order valence-corrected chi connectivity index (χ3v) is 6.97. The van der Waals surface area contributed by atoms with Crippen molar-refractivity contribution in [3.8, 4) is 0 Å². The van der Waals surface area contributed by atoms with E-state index in [1.807, 2.05) is 0 Å². The van der Waals surface area contributed by atoms with E-state index in [4.69, 9.17) is 9.84 Å². The van der Waals surface area contributed by atoms with Gasteiger partial charge in [-0.15, -0.1) is 0 Å². The van der Waals surface area contributed by atoms with Gasteiger partial charge in [-0.3, -0.25) is 14.5 Å². The van der Waals surface area contributed by atoms with Crippen molar-refractivity contribution in [3.63, 3.8) is 0 Å². The van der Waals surface area contributed by atoms with Crippen molar-refractivity contribution in [2.75, 3.05) is 6.54 Å². The van der Waals surface area contributed by atoms with Crippen LogP contribution in [0.5, 0.6) is 0 Å². The standard InChI is InChI=1S/C27H51NO4/c1-6-7-8-9-14-17-20-28-26(2,3)21-23(22-27(28,4)5)32-25(31)19-16-13-11-10-12-15-18-24(29)30/h23H,6-22H2,1-5H3,(H,29,30). The van der Waals surface area contributed by atoms with Gasteiger partial charge in [0.05, 0.1) is 0 Å². The summed E-state index contributed by atoms with van der Waals surface area (Å²) in [5, 5.41) is 8.65. The molecule has 1 fully saturated rings. The van der Waals surface area contributed by atoms with Crippen molar-refractivity contribution in [1.29, 1.82) is 0 Å². The van der Waals surface area contributed by atoms with Crippen LogP contribution >= 0.6 is 0 Å². The minimum absolute atomic E-state index is 0.00400. The Kier molecular flexibility index (Phi) is 13.5. The SMILES string of the molecule is CCCCCCCCN1C(C)(C)CC(OC(=O)CCCCCCCCC(=O)O)CC1(C)C. The molecule has 188 valence electrons. The zero-order valence-corrected chi connectivity index (χ0v) is 21.7. The Balaban J connectivity index is 2.31. The summed E-state index contributed by atoms with van der Waals surface area (Å²) in [5.74, 6) is -0.774. The lowest BCUT2D eigenvalue weighted by Crippen LogP contribution is -2.62. The van der Waals surface area contributed by atoms with Crippen LogP contribution in [0.3, 0.4) is 0 Å². The van der Waals surface area contributed by atoms with Gasteiger partial charge in [0, 0.05) is 36.8 Å². The van der Waals surface area contributed by atoms with E-state index < -0.39 is 5.97 Å². The molecule has 0 atom stereocenters. The third kappa shape index (κ3) is 11.7. The molecule has 1 aliphatic rings. The van der Waals surface area contributed by atoms with E-state index in [1.54, 1.807) is 0 Å². The second kappa shape index (κ2) is 14.9. The number of hydrogen-bond donors (Lipinski definition) is 1. The van der Waals surface area contributed by atoms with Gasteiger partial charge in [-0.2, -0.15) is 0 Å². The Morgan fingerprint density at radius 3 is 1.78 bits per heavy atom. The molecular formula is C27H51NO4. The molecule has 0 aliphatic carbocycles. The predicted molar refractivity (Wildman–Crippen MR) is 132 cm³/mol. The lowest BCUT2D eigenvalue weighted by molar-refractivity contribution is -0.160. The number of ether oxygens (including phenoxy) is 1. The summed E-state index contributed by atoms with van der Waals surface area (Å²) >= 11 is 0. The molecule has 5 heteroatoms. The van der Waals surface area contributed by atoms with E-state index in [1.165, 1.54) is 38.5 Å². The molecule has 1 heterocycles. The van der Waals surface area contributed by atoms with Gasteiger partial charge >= 0.3 is 11.9 Å². The average Bonchev–Trinajstić information content (AvgIpc) is 2.67. The fourth-order valence-electron chi connectivity index (χ4n) is 5.46. The fourth-order valence-corrected chi connectivity index (χ4v) is 5.46. The van der Waals surface area contributed by atoms with Gasteiger partial charge in [0.25, 0.3) is 0 Å². The molecule has 0 radical (unpaired) electrons. The normalized spacial score (nSPS) is 18.5. The first-order valence-electron chi connectivity index (χ1n) is 13.3. The molecule has 0 amide bonds. The number of carboxylic acid groups (broad SMARTS) is 1. The molecule has 0 bridgehead atoms. The van der Waals surface area contributed by atoms with Crippen molar-refractivity contribution in [3.05, 3.63) is 0 Å². The zero-order chi connectivity index (χ0) is 24.0. The number of likely N-dealkylation sites (tertiary alicyclic amines) is 1. The second-order valence-corrected chi connectivity index (χ2v) is 11.1. The number of carbonyl (C=O) groups is 2. The van der Waals surface area contributed by atoms with Gasteiger partial charge in [-0.25, -0.2) is 0 Å². The summed E-state index contributed by atoms with van der Waals surface area (Å²) in [4.78, 5) is 25.6. The average molecular weight is 454 g/mol. The monoisotopic (exact) mass is 453 g/mol. The Morgan fingerprint density at radius 1 is 0.781 bits per heavy atom. The molecule has 0 saturated carbocycles. The van der Waals surface area contributed by atoms with Crippen LogP contribution in [-0.4, -0.2) is 45.7 Å². The van der Waals surface area contributed by atoms with Crippen LogP contribution in [-0.2, 0) is 14.3 Å². The molecule has 1 saturated heterocycles. The maximum absolute atomic E-state index is 12.4. The van der Waals surface area contributed by atoms with E-state index in [0.717, 1.165) is 57.9 Å². The Morgan fingerprint density at radius 2 is 1.25 bits per heavy atom. The largest absolute Gasteiger partial charge is 0.481 e. The Hall–Kier alpha value is -1.10. The second-order valence-electron chi connectivity index (χ2n) is 11.1. The molecule has 1 N–H and O–H groups in total. The summed E-state index contributed by atoms with van der Waals surface area (Å²) in [7, 11) is 0. The van der Waals surface area contributed by atoms with Crippen molar-refractivity contribution >= 4 is 11.9 Å². The molecule has 1 aliphatic heterocycles. The lowest BCUT2D eigenvalue weighted by Gasteiger charge is -2.55. The van der Waals surface area contributed by atoms with Crippen LogP contribution < -0.4 is 0 Å². The summed E-state index contributed by atoms with van der Waals surface area (Å²) in [6.07, 6.45) is 16.1. The molecule has 0 aromatic rings. The molecule has 0 aromatic carbocycles. The van der Waals surface area contributed by atoms with Gasteiger partial charge in [0.1, 0.15) is 6.10 Å². The van der Waals surface area contributed by atoms with Crippen molar-refractivity contribution in [1.82, 2.24) is 4.90 Å². The molecular weight excluding hydrogens is 402 g/mol. The fraction of sp³-hybridized carbons (Fsp3) is 0.926. The number of unbranched alkanes of at least 4 members (excludes halogenated alkanes) is 10. The quantitative estimate of drug-likeness (QED) is 0.188. The minimum Gasteiger partial charge on any atom is -0.481 e. The van der Waals surface area contributed by atoms with E-state index in [-0.39, 0.29) is 29.6 Å². The van der Waals surface area contributed by atoms with Crippen LogP contribution in [0, 0.1) is 0 Å². The summed E-state index contributed by atoms with van der Waals surface area (Å²) in [5.41, 5.74) is 0.0676. The first-order chi connectivity index (χ1) is 15.1. The van der Waals surface area contributed by atoms with E-state index >= 15 is 0 Å². The van der Waals surface area contributed by atoms with Crippen LogP contribution in [0.1, 0.15) is 137 Å². The molecule has 0 spiro atoms. The Bertz CT molecular complexity index is 526. The highest BCUT2D eigenvalue weighted by Gasteiger charge is 2.46. The van der Waals surface area contributed by atoms with E-state index in [0.29, 0.717) is 6.42 Å². The van der Waals surface area contributed by atoms with Crippen LogP contribution in [0.4, 0.5) is 0 Å². The highest BCUT2D eigenvalue weighted by Crippen LogP contribution is 2.40. The molecule has 0 aromatic heterocycles. The summed E-state index contributed by atoms with van der Waals surface area (Å²) in [6, 6.07) is 0. The number of carboxylic acids is 1. The highest BCUT2D eigenvalue weighted by molar-refractivity contribution is 5.69. The smallest absolute Gasteiger partial charge is 0.306 e. The topological polar surface area (TPSA) is 66.8 Å². The van der Waals surface area contributed by atoms with Gasteiger partial charge in [-0.1, -0.05) is 64.7 Å². The van der Waals surface area contributed by atoms with Gasteiger partial charge in [0.15, 0.2) is 0 Å². The number of aliphatic carboxylic acids is 1. The number of nitrogens with zero attached hydrogens (tertiary/aromatic N) is 1. The predicted octanol–water partition coefficient (Wildman–Crippen LogP) is 7.12. The number of carbonyl (C=O) groups excluding carboxylic acids is 1. The molecule has 0 unspecified atom stereocenters. The summed E-state index contributed by atoms with van der Waals surface area (Å²) < 4.78 is 5.92. The molecule has 1 rings (SSSR count). The number of hydrogen-bond acceptors (Lipinski definition) is 4. The van der Waals surface area contributed by atoms with Gasteiger partial charge < -0.3 is 9.84 Å². The zero-order valence-electron chi connectivity index (χ0n) is 21.7. The van der Waals surface area contributed by atoms with Crippen LogP contribution in [0.25, 0.3) is 0 Å². The van der Waals surface area contributed by atoms with Crippen LogP contribution in [0.2, 0.25) is 0 Å². The Labute approximate surface area is 197 Å². The van der Waals surface area contributed by atoms with E-state index in [9.17, 15) is 9.59 Å². The van der Waals surface area contributed by atoms with Gasteiger partial charge in [0.2, 0.25) is 0 Å². The first kappa shape index (κ1) is 28.9. The number of rotatable bonds is 17. The molecule has 32 heavy (non-hydrogen) atoms.